The maximum Gasteiger partial charge on any atom is 0.354 e. The Bertz CT molecular complexity index is 592. The van der Waals surface area contributed by atoms with Crippen molar-refractivity contribution in [1.82, 2.24) is 9.55 Å². The van der Waals surface area contributed by atoms with E-state index in [4.69, 9.17) is 5.73 Å². The van der Waals surface area contributed by atoms with Gasteiger partial charge >= 0.3 is 5.69 Å². The van der Waals surface area contributed by atoms with Crippen molar-refractivity contribution in [2.75, 3.05) is 5.73 Å². The van der Waals surface area contributed by atoms with E-state index < -0.39 is 5.69 Å². The molecule has 0 saturated heterocycles. The van der Waals surface area contributed by atoms with Gasteiger partial charge in [-0.2, -0.15) is 4.98 Å². The molecule has 0 fully saturated rings. The van der Waals surface area contributed by atoms with Gasteiger partial charge in [-0.05, 0) is 36.8 Å². The molecule has 1 aromatic heterocycles. The Morgan fingerprint density at radius 1 is 1.38 bits per heavy atom. The molecule has 2 rings (SSSR count). The van der Waals surface area contributed by atoms with Gasteiger partial charge in [0.1, 0.15) is 11.6 Å². The van der Waals surface area contributed by atoms with E-state index >= 15 is 0 Å². The number of anilines is 1. The van der Waals surface area contributed by atoms with Crippen molar-refractivity contribution >= 4 is 5.82 Å². The normalized spacial score (nSPS) is 10.4. The van der Waals surface area contributed by atoms with Crippen LogP contribution in [0.25, 0.3) is 5.69 Å². The summed E-state index contributed by atoms with van der Waals surface area (Å²) in [6.07, 6.45) is 1.51. The number of benzene rings is 1. The van der Waals surface area contributed by atoms with Crippen LogP contribution in [0.4, 0.5) is 10.2 Å². The Hall–Kier alpha value is -2.17. The second kappa shape index (κ2) is 3.77. The van der Waals surface area contributed by atoms with Crippen LogP contribution in [0.1, 0.15) is 5.56 Å². The summed E-state index contributed by atoms with van der Waals surface area (Å²) in [6, 6.07) is 5.92. The molecule has 0 aliphatic heterocycles. The van der Waals surface area contributed by atoms with Gasteiger partial charge in [0, 0.05) is 6.20 Å². The van der Waals surface area contributed by atoms with E-state index in [0.29, 0.717) is 11.3 Å². The van der Waals surface area contributed by atoms with Crippen LogP contribution in [-0.4, -0.2) is 9.55 Å². The maximum atomic E-state index is 13.1. The van der Waals surface area contributed by atoms with Gasteiger partial charge in [-0.15, -0.1) is 0 Å². The van der Waals surface area contributed by atoms with Crippen molar-refractivity contribution in [3.8, 4) is 5.69 Å². The molecular weight excluding hydrogens is 209 g/mol. The van der Waals surface area contributed by atoms with Crippen LogP contribution in [0.2, 0.25) is 0 Å². The summed E-state index contributed by atoms with van der Waals surface area (Å²) in [5, 5.41) is 0. The van der Waals surface area contributed by atoms with Crippen molar-refractivity contribution in [2.24, 2.45) is 0 Å². The number of hydrogen-bond acceptors (Lipinski definition) is 3. The fraction of sp³-hybridized carbons (Fsp3) is 0.0909. The van der Waals surface area contributed by atoms with Crippen LogP contribution in [0.5, 0.6) is 0 Å². The summed E-state index contributed by atoms with van der Waals surface area (Å²) in [5.41, 5.74) is 5.93. The van der Waals surface area contributed by atoms with Crippen LogP contribution in [0, 0.1) is 12.7 Å². The average molecular weight is 219 g/mol. The molecule has 0 atom stereocenters. The van der Waals surface area contributed by atoms with Gasteiger partial charge in [0.2, 0.25) is 0 Å². The molecular formula is C11H10FN3O. The van der Waals surface area contributed by atoms with Gasteiger partial charge in [-0.25, -0.2) is 9.18 Å². The zero-order valence-electron chi connectivity index (χ0n) is 8.64. The van der Waals surface area contributed by atoms with Crippen LogP contribution in [0.3, 0.4) is 0 Å². The molecule has 2 N–H and O–H groups in total. The lowest BCUT2D eigenvalue weighted by Crippen LogP contribution is -2.21. The highest BCUT2D eigenvalue weighted by atomic mass is 19.1. The summed E-state index contributed by atoms with van der Waals surface area (Å²) in [7, 11) is 0. The Kier molecular flexibility index (Phi) is 2.44. The van der Waals surface area contributed by atoms with Crippen molar-refractivity contribution in [3.05, 3.63) is 52.3 Å². The van der Waals surface area contributed by atoms with Gasteiger partial charge in [-0.3, -0.25) is 4.57 Å². The highest BCUT2D eigenvalue weighted by Gasteiger charge is 2.03. The number of rotatable bonds is 1. The molecule has 0 unspecified atom stereocenters. The molecule has 0 aliphatic carbocycles. The zero-order chi connectivity index (χ0) is 11.7. The minimum absolute atomic E-state index is 0.167. The molecule has 1 heterocycles. The van der Waals surface area contributed by atoms with E-state index in [1.165, 1.54) is 29.0 Å². The zero-order valence-corrected chi connectivity index (χ0v) is 8.64. The van der Waals surface area contributed by atoms with Crippen LogP contribution in [-0.2, 0) is 0 Å². The summed E-state index contributed by atoms with van der Waals surface area (Å²) in [5.74, 6) is -0.139. The van der Waals surface area contributed by atoms with E-state index in [0.717, 1.165) is 0 Å². The lowest BCUT2D eigenvalue weighted by Gasteiger charge is -2.06. The summed E-state index contributed by atoms with van der Waals surface area (Å²) in [6.45, 7) is 1.63. The largest absolute Gasteiger partial charge is 0.383 e. The lowest BCUT2D eigenvalue weighted by molar-refractivity contribution is 0.618. The summed E-state index contributed by atoms with van der Waals surface area (Å²) >= 11 is 0. The molecule has 0 bridgehead atoms. The van der Waals surface area contributed by atoms with E-state index in [1.807, 2.05) is 0 Å². The number of aryl methyl sites for hydroxylation is 1. The van der Waals surface area contributed by atoms with Crippen molar-refractivity contribution in [1.29, 1.82) is 0 Å². The van der Waals surface area contributed by atoms with Crippen LogP contribution < -0.4 is 11.4 Å². The SMILES string of the molecule is Cc1cc(-n2ccc(N)nc2=O)ccc1F. The molecule has 5 heteroatoms. The quantitative estimate of drug-likeness (QED) is 0.785. The first kappa shape index (κ1) is 10.4. The highest BCUT2D eigenvalue weighted by molar-refractivity contribution is 5.37. The minimum Gasteiger partial charge on any atom is -0.383 e. The second-order valence-corrected chi connectivity index (χ2v) is 3.44. The highest BCUT2D eigenvalue weighted by Crippen LogP contribution is 2.11. The molecule has 0 radical (unpaired) electrons. The van der Waals surface area contributed by atoms with Gasteiger partial charge in [0.05, 0.1) is 5.69 Å². The smallest absolute Gasteiger partial charge is 0.354 e. The predicted octanol–water partition coefficient (Wildman–Crippen LogP) is 1.26. The lowest BCUT2D eigenvalue weighted by atomic mass is 10.2. The number of nitrogens with two attached hydrogens (primary N) is 1. The van der Waals surface area contributed by atoms with E-state index in [9.17, 15) is 9.18 Å². The molecule has 16 heavy (non-hydrogen) atoms. The van der Waals surface area contributed by atoms with Gasteiger partial charge in [0.25, 0.3) is 0 Å². The monoisotopic (exact) mass is 219 g/mol. The standard InChI is InChI=1S/C11H10FN3O/c1-7-6-8(2-3-9(7)12)15-5-4-10(13)14-11(15)16/h2-6H,1H3,(H2,13,14,16). The maximum absolute atomic E-state index is 13.1. The molecule has 0 amide bonds. The predicted molar refractivity (Wildman–Crippen MR) is 58.9 cm³/mol. The molecule has 0 saturated carbocycles. The van der Waals surface area contributed by atoms with Crippen molar-refractivity contribution < 1.29 is 4.39 Å². The summed E-state index contributed by atoms with van der Waals surface area (Å²) < 4.78 is 14.4. The Morgan fingerprint density at radius 2 is 2.12 bits per heavy atom. The van der Waals surface area contributed by atoms with Crippen LogP contribution >= 0.6 is 0 Å². The number of nitrogens with zero attached hydrogens (tertiary/aromatic N) is 2. The van der Waals surface area contributed by atoms with E-state index in [1.54, 1.807) is 13.0 Å². The first-order chi connectivity index (χ1) is 7.58. The Morgan fingerprint density at radius 3 is 2.75 bits per heavy atom. The van der Waals surface area contributed by atoms with E-state index in [-0.39, 0.29) is 11.6 Å². The topological polar surface area (TPSA) is 60.9 Å². The number of aromatic nitrogens is 2. The fourth-order valence-corrected chi connectivity index (χ4v) is 1.39. The second-order valence-electron chi connectivity index (χ2n) is 3.44. The first-order valence-electron chi connectivity index (χ1n) is 4.69. The third-order valence-corrected chi connectivity index (χ3v) is 2.24. The molecule has 1 aromatic carbocycles. The third-order valence-electron chi connectivity index (χ3n) is 2.24. The van der Waals surface area contributed by atoms with E-state index in [2.05, 4.69) is 4.98 Å². The first-order valence-corrected chi connectivity index (χ1v) is 4.69. The van der Waals surface area contributed by atoms with Crippen molar-refractivity contribution in [3.63, 3.8) is 0 Å². The number of halogens is 1. The third kappa shape index (κ3) is 1.79. The Balaban J connectivity index is 2.59. The molecule has 4 nitrogen and oxygen atoms in total. The van der Waals surface area contributed by atoms with Gasteiger partial charge < -0.3 is 5.73 Å². The number of hydrogen-bond donors (Lipinski definition) is 1. The molecule has 0 aliphatic rings. The summed E-state index contributed by atoms with van der Waals surface area (Å²) in [4.78, 5) is 15.1. The average Bonchev–Trinajstić information content (AvgIpc) is 2.22. The van der Waals surface area contributed by atoms with Crippen LogP contribution in [0.15, 0.2) is 35.3 Å². The van der Waals surface area contributed by atoms with Crippen molar-refractivity contribution in [2.45, 2.75) is 6.92 Å². The molecule has 82 valence electrons. The van der Waals surface area contributed by atoms with Gasteiger partial charge in [0.15, 0.2) is 0 Å². The number of nitrogen functional groups attached to an aromatic ring is 1. The molecule has 0 spiro atoms. The molecule has 2 aromatic rings. The Labute approximate surface area is 91.2 Å². The van der Waals surface area contributed by atoms with Gasteiger partial charge in [-0.1, -0.05) is 0 Å². The minimum atomic E-state index is -0.481. The fourth-order valence-electron chi connectivity index (χ4n) is 1.39.